The lowest BCUT2D eigenvalue weighted by molar-refractivity contribution is -0.151. The van der Waals surface area contributed by atoms with Crippen molar-refractivity contribution in [3.63, 3.8) is 0 Å². The molecule has 4 heteroatoms. The highest BCUT2D eigenvalue weighted by Crippen LogP contribution is 2.28. The summed E-state index contributed by atoms with van der Waals surface area (Å²) in [6.45, 7) is 4.75. The van der Waals surface area contributed by atoms with E-state index in [-0.39, 0.29) is 6.10 Å². The largest absolute Gasteiger partial charge is 0.377 e. The van der Waals surface area contributed by atoms with Gasteiger partial charge in [0.05, 0.1) is 12.7 Å². The lowest BCUT2D eigenvalue weighted by Crippen LogP contribution is -2.25. The Bertz CT molecular complexity index is 402. The Hall–Kier alpha value is -1.23. The second kappa shape index (κ2) is 6.28. The molecule has 1 saturated heterocycles. The Labute approximate surface area is 113 Å². The molecule has 0 radical (unpaired) electrons. The van der Waals surface area contributed by atoms with Crippen LogP contribution >= 0.6 is 0 Å². The molecular weight excluding hydrogens is 244 g/mol. The second-order valence-electron chi connectivity index (χ2n) is 5.10. The van der Waals surface area contributed by atoms with E-state index in [1.165, 1.54) is 0 Å². The minimum Gasteiger partial charge on any atom is -0.377 e. The average molecular weight is 264 g/mol. The molecule has 0 N–H and O–H groups in total. The molecule has 1 aromatic carbocycles. The van der Waals surface area contributed by atoms with Crippen molar-refractivity contribution in [3.05, 3.63) is 35.9 Å². The van der Waals surface area contributed by atoms with Crippen molar-refractivity contribution < 1.29 is 19.0 Å². The molecule has 1 aliphatic rings. The summed E-state index contributed by atoms with van der Waals surface area (Å²) in [7, 11) is 0. The fourth-order valence-electron chi connectivity index (χ4n) is 2.17. The van der Waals surface area contributed by atoms with Crippen molar-refractivity contribution >= 4 is 6.29 Å². The van der Waals surface area contributed by atoms with Crippen molar-refractivity contribution in [2.24, 2.45) is 0 Å². The van der Waals surface area contributed by atoms with Crippen LogP contribution in [0, 0.1) is 0 Å². The van der Waals surface area contributed by atoms with Gasteiger partial charge in [0.1, 0.15) is 6.10 Å². The van der Waals surface area contributed by atoms with Crippen LogP contribution in [0.4, 0.5) is 0 Å². The number of ether oxygens (including phenoxy) is 3. The van der Waals surface area contributed by atoms with Gasteiger partial charge in [-0.05, 0) is 19.4 Å². The Morgan fingerprint density at radius 3 is 2.68 bits per heavy atom. The van der Waals surface area contributed by atoms with Crippen molar-refractivity contribution in [2.45, 2.75) is 44.9 Å². The molecule has 0 amide bonds. The molecule has 4 nitrogen and oxygen atoms in total. The highest BCUT2D eigenvalue weighted by atomic mass is 16.8. The molecule has 0 bridgehead atoms. The predicted octanol–water partition coefficient (Wildman–Crippen LogP) is 2.31. The van der Waals surface area contributed by atoms with E-state index in [4.69, 9.17) is 14.2 Å². The van der Waals surface area contributed by atoms with Crippen LogP contribution in [-0.4, -0.2) is 30.9 Å². The molecule has 1 heterocycles. The van der Waals surface area contributed by atoms with Gasteiger partial charge in [-0.25, -0.2) is 0 Å². The number of rotatable bonds is 6. The quantitative estimate of drug-likeness (QED) is 0.584. The van der Waals surface area contributed by atoms with Crippen LogP contribution in [0.5, 0.6) is 0 Å². The zero-order valence-corrected chi connectivity index (χ0v) is 11.4. The van der Waals surface area contributed by atoms with Crippen LogP contribution in [0.15, 0.2) is 30.3 Å². The maximum atomic E-state index is 10.9. The smallest absolute Gasteiger partial charge is 0.164 e. The van der Waals surface area contributed by atoms with E-state index in [1.54, 1.807) is 0 Å². The number of carbonyl (C=O) groups is 1. The van der Waals surface area contributed by atoms with Crippen molar-refractivity contribution in [1.29, 1.82) is 0 Å². The maximum absolute atomic E-state index is 10.9. The lowest BCUT2D eigenvalue weighted by Gasteiger charge is -2.16. The summed E-state index contributed by atoms with van der Waals surface area (Å²) in [5.74, 6) is -0.685. The van der Waals surface area contributed by atoms with Crippen molar-refractivity contribution in [1.82, 2.24) is 0 Å². The van der Waals surface area contributed by atoms with Crippen LogP contribution in [0.25, 0.3) is 0 Å². The topological polar surface area (TPSA) is 44.8 Å². The predicted molar refractivity (Wildman–Crippen MR) is 70.6 cm³/mol. The summed E-state index contributed by atoms with van der Waals surface area (Å²) >= 11 is 0. The van der Waals surface area contributed by atoms with E-state index >= 15 is 0 Å². The van der Waals surface area contributed by atoms with Crippen molar-refractivity contribution in [2.75, 3.05) is 6.61 Å². The van der Waals surface area contributed by atoms with E-state index in [0.717, 1.165) is 11.8 Å². The number of aldehydes is 1. The molecule has 2 rings (SSSR count). The van der Waals surface area contributed by atoms with Gasteiger partial charge in [0.15, 0.2) is 12.1 Å². The minimum atomic E-state index is -0.685. The summed E-state index contributed by atoms with van der Waals surface area (Å²) in [5, 5.41) is 0. The third-order valence-electron chi connectivity index (χ3n) is 3.01. The Morgan fingerprint density at radius 2 is 2.00 bits per heavy atom. The molecule has 0 unspecified atom stereocenters. The first kappa shape index (κ1) is 14.2. The third-order valence-corrected chi connectivity index (χ3v) is 3.01. The number of carbonyl (C=O) groups excluding carboxylic acids is 1. The molecule has 0 saturated carbocycles. The summed E-state index contributed by atoms with van der Waals surface area (Å²) in [6, 6.07) is 9.98. The van der Waals surface area contributed by atoms with Gasteiger partial charge in [-0.1, -0.05) is 30.3 Å². The Morgan fingerprint density at radius 1 is 1.26 bits per heavy atom. The van der Waals surface area contributed by atoms with E-state index in [9.17, 15) is 4.79 Å². The van der Waals surface area contributed by atoms with E-state index in [0.29, 0.717) is 19.6 Å². The second-order valence-corrected chi connectivity index (χ2v) is 5.10. The number of hydrogen-bond donors (Lipinski definition) is 0. The van der Waals surface area contributed by atoms with Crippen LogP contribution in [-0.2, 0) is 25.6 Å². The highest BCUT2D eigenvalue weighted by molar-refractivity contribution is 5.57. The zero-order chi connectivity index (χ0) is 13.7. The summed E-state index contributed by atoms with van der Waals surface area (Å²) in [6.07, 6.45) is 0.745. The van der Waals surface area contributed by atoms with Gasteiger partial charge in [-0.2, -0.15) is 0 Å². The monoisotopic (exact) mass is 264 g/mol. The van der Waals surface area contributed by atoms with Gasteiger partial charge in [0.25, 0.3) is 0 Å². The Balaban J connectivity index is 1.72. The molecule has 0 spiro atoms. The van der Waals surface area contributed by atoms with Gasteiger partial charge in [0, 0.05) is 13.0 Å². The molecule has 104 valence electrons. The van der Waals surface area contributed by atoms with Gasteiger partial charge < -0.3 is 19.0 Å². The molecule has 1 fully saturated rings. The molecule has 0 aromatic heterocycles. The summed E-state index contributed by atoms with van der Waals surface area (Å²) in [5.41, 5.74) is 1.14. The fraction of sp³-hybridized carbons (Fsp3) is 0.533. The van der Waals surface area contributed by atoms with Crippen LogP contribution in [0.3, 0.4) is 0 Å². The lowest BCUT2D eigenvalue weighted by atomic mass is 10.2. The van der Waals surface area contributed by atoms with Crippen molar-refractivity contribution in [3.8, 4) is 0 Å². The zero-order valence-electron chi connectivity index (χ0n) is 11.4. The molecule has 1 aromatic rings. The molecule has 2 atom stereocenters. The van der Waals surface area contributed by atoms with Gasteiger partial charge >= 0.3 is 0 Å². The van der Waals surface area contributed by atoms with Gasteiger partial charge in [-0.15, -0.1) is 0 Å². The Kier molecular flexibility index (Phi) is 4.69. The normalized spacial score (nSPS) is 25.4. The SMILES string of the molecule is CC1(C)O[C@H](C=O)[C@@H](CCOCc2ccccc2)O1. The fourth-order valence-corrected chi connectivity index (χ4v) is 2.17. The highest BCUT2D eigenvalue weighted by Gasteiger charge is 2.40. The van der Waals surface area contributed by atoms with E-state index in [1.807, 2.05) is 44.2 Å². The number of benzene rings is 1. The van der Waals surface area contributed by atoms with Crippen LogP contribution in [0.2, 0.25) is 0 Å². The number of hydrogen-bond acceptors (Lipinski definition) is 4. The first-order valence-electron chi connectivity index (χ1n) is 6.53. The summed E-state index contributed by atoms with van der Waals surface area (Å²) in [4.78, 5) is 10.9. The van der Waals surface area contributed by atoms with E-state index < -0.39 is 11.9 Å². The standard InChI is InChI=1S/C15H20O4/c1-15(2)18-13(14(10-16)19-15)8-9-17-11-12-6-4-3-5-7-12/h3-7,10,13-14H,8-9,11H2,1-2H3/t13-,14-/m1/s1. The summed E-state index contributed by atoms with van der Waals surface area (Å²) < 4.78 is 16.7. The van der Waals surface area contributed by atoms with Crippen LogP contribution < -0.4 is 0 Å². The van der Waals surface area contributed by atoms with Gasteiger partial charge in [-0.3, -0.25) is 0 Å². The van der Waals surface area contributed by atoms with Crippen LogP contribution in [0.1, 0.15) is 25.8 Å². The molecule has 1 aliphatic heterocycles. The first-order chi connectivity index (χ1) is 9.11. The average Bonchev–Trinajstić information content (AvgIpc) is 2.70. The molecule has 0 aliphatic carbocycles. The molecule has 19 heavy (non-hydrogen) atoms. The third kappa shape index (κ3) is 4.13. The first-order valence-corrected chi connectivity index (χ1v) is 6.53. The van der Waals surface area contributed by atoms with Gasteiger partial charge in [0.2, 0.25) is 0 Å². The maximum Gasteiger partial charge on any atom is 0.164 e. The van der Waals surface area contributed by atoms with E-state index in [2.05, 4.69) is 0 Å². The molecular formula is C15H20O4. The minimum absolute atomic E-state index is 0.219.